The van der Waals surface area contributed by atoms with Crippen molar-refractivity contribution in [3.63, 3.8) is 0 Å². The maximum atomic E-state index is 9.85. The second kappa shape index (κ2) is 7.20. The van der Waals surface area contributed by atoms with E-state index < -0.39 is 0 Å². The van der Waals surface area contributed by atoms with Crippen LogP contribution in [0.2, 0.25) is 0 Å². The second-order valence-corrected chi connectivity index (χ2v) is 5.71. The molecule has 90 valence electrons. The van der Waals surface area contributed by atoms with Gasteiger partial charge in [-0.3, -0.25) is 0 Å². The van der Waals surface area contributed by atoms with Crippen molar-refractivity contribution in [1.82, 2.24) is 0 Å². The fraction of sp³-hybridized carbons (Fsp3) is 0.500. The molecule has 0 aliphatic heterocycles. The zero-order chi connectivity index (χ0) is 12.0. The Morgan fingerprint density at radius 2 is 2.25 bits per heavy atom. The van der Waals surface area contributed by atoms with Crippen LogP contribution in [0, 0.1) is 0 Å². The second-order valence-electron chi connectivity index (χ2n) is 3.47. The highest BCUT2D eigenvalue weighted by atomic mass is 79.9. The van der Waals surface area contributed by atoms with Crippen LogP contribution in [-0.2, 0) is 6.42 Å². The number of rotatable bonds is 6. The van der Waals surface area contributed by atoms with Crippen LogP contribution >= 0.6 is 27.7 Å². The molecule has 4 heteroatoms. The van der Waals surface area contributed by atoms with Crippen molar-refractivity contribution < 1.29 is 9.84 Å². The summed E-state index contributed by atoms with van der Waals surface area (Å²) in [6.45, 7) is 2.09. The predicted molar refractivity (Wildman–Crippen MR) is 73.4 cm³/mol. The van der Waals surface area contributed by atoms with E-state index in [2.05, 4.69) is 22.9 Å². The van der Waals surface area contributed by atoms with Gasteiger partial charge in [-0.05, 0) is 29.5 Å². The average molecular weight is 305 g/mol. The summed E-state index contributed by atoms with van der Waals surface area (Å²) in [5.74, 6) is 2.64. The molecule has 16 heavy (non-hydrogen) atoms. The third kappa shape index (κ3) is 4.36. The third-order valence-corrected chi connectivity index (χ3v) is 3.73. The van der Waals surface area contributed by atoms with Gasteiger partial charge in [0.15, 0.2) is 0 Å². The topological polar surface area (TPSA) is 29.5 Å². The fourth-order valence-corrected chi connectivity index (χ4v) is 2.51. The number of aliphatic hydroxyl groups excluding tert-OH is 1. The molecule has 1 rings (SSSR count). The zero-order valence-electron chi connectivity index (χ0n) is 9.57. The lowest BCUT2D eigenvalue weighted by atomic mass is 10.1. The first-order valence-corrected chi connectivity index (χ1v) is 7.20. The van der Waals surface area contributed by atoms with Crippen LogP contribution < -0.4 is 4.74 Å². The number of ether oxygens (including phenoxy) is 1. The van der Waals surface area contributed by atoms with E-state index in [-0.39, 0.29) is 6.10 Å². The number of hydrogen-bond donors (Lipinski definition) is 1. The largest absolute Gasteiger partial charge is 0.496 e. The number of thioether (sulfide) groups is 1. The quantitative estimate of drug-likeness (QED) is 0.875. The number of hydrogen-bond acceptors (Lipinski definition) is 3. The van der Waals surface area contributed by atoms with Gasteiger partial charge in [0.25, 0.3) is 0 Å². The van der Waals surface area contributed by atoms with E-state index in [0.29, 0.717) is 6.42 Å². The van der Waals surface area contributed by atoms with Crippen molar-refractivity contribution in [2.75, 3.05) is 18.6 Å². The molecule has 1 unspecified atom stereocenters. The van der Waals surface area contributed by atoms with Gasteiger partial charge >= 0.3 is 0 Å². The van der Waals surface area contributed by atoms with Crippen molar-refractivity contribution >= 4 is 27.7 Å². The maximum Gasteiger partial charge on any atom is 0.122 e. The van der Waals surface area contributed by atoms with Crippen LogP contribution in [-0.4, -0.2) is 29.8 Å². The van der Waals surface area contributed by atoms with Gasteiger partial charge in [-0.15, -0.1) is 0 Å². The Hall–Kier alpha value is -0.190. The Morgan fingerprint density at radius 1 is 1.50 bits per heavy atom. The van der Waals surface area contributed by atoms with Gasteiger partial charge in [0, 0.05) is 16.6 Å². The number of benzene rings is 1. The van der Waals surface area contributed by atoms with Gasteiger partial charge in [0.05, 0.1) is 13.2 Å². The van der Waals surface area contributed by atoms with E-state index >= 15 is 0 Å². The highest BCUT2D eigenvalue weighted by Gasteiger charge is 2.10. The molecule has 0 spiro atoms. The van der Waals surface area contributed by atoms with Gasteiger partial charge in [0.1, 0.15) is 5.75 Å². The standard InChI is InChI=1S/C12H17BrO2S/c1-3-16-8-11(14)7-9-6-10(13)4-5-12(9)15-2/h4-6,11,14H,3,7-8H2,1-2H3. The van der Waals surface area contributed by atoms with Crippen LogP contribution in [0.5, 0.6) is 5.75 Å². The van der Waals surface area contributed by atoms with Crippen LogP contribution in [0.15, 0.2) is 22.7 Å². The first kappa shape index (κ1) is 13.9. The van der Waals surface area contributed by atoms with E-state index in [1.54, 1.807) is 18.9 Å². The lowest BCUT2D eigenvalue weighted by Gasteiger charge is -2.13. The normalized spacial score (nSPS) is 12.5. The maximum absolute atomic E-state index is 9.85. The summed E-state index contributed by atoms with van der Waals surface area (Å²) < 4.78 is 6.28. The summed E-state index contributed by atoms with van der Waals surface area (Å²) >= 11 is 5.18. The highest BCUT2D eigenvalue weighted by molar-refractivity contribution is 9.10. The average Bonchev–Trinajstić information content (AvgIpc) is 2.27. The molecule has 0 saturated heterocycles. The van der Waals surface area contributed by atoms with Crippen molar-refractivity contribution in [3.05, 3.63) is 28.2 Å². The van der Waals surface area contributed by atoms with E-state index in [1.807, 2.05) is 18.2 Å². The monoisotopic (exact) mass is 304 g/mol. The summed E-state index contributed by atoms with van der Waals surface area (Å²) in [4.78, 5) is 0. The Labute approximate surface area is 110 Å². The minimum absolute atomic E-state index is 0.312. The van der Waals surface area contributed by atoms with Crippen LogP contribution in [0.1, 0.15) is 12.5 Å². The van der Waals surface area contributed by atoms with E-state index in [0.717, 1.165) is 27.3 Å². The predicted octanol–water partition coefficient (Wildman–Crippen LogP) is 3.11. The molecule has 2 nitrogen and oxygen atoms in total. The molecule has 0 heterocycles. The summed E-state index contributed by atoms with van der Waals surface area (Å²) in [5, 5.41) is 9.85. The number of methoxy groups -OCH3 is 1. The molecular weight excluding hydrogens is 288 g/mol. The zero-order valence-corrected chi connectivity index (χ0v) is 12.0. The van der Waals surface area contributed by atoms with E-state index in [1.165, 1.54) is 0 Å². The van der Waals surface area contributed by atoms with Gasteiger partial charge in [-0.1, -0.05) is 22.9 Å². The highest BCUT2D eigenvalue weighted by Crippen LogP contribution is 2.24. The van der Waals surface area contributed by atoms with Crippen molar-refractivity contribution in [2.45, 2.75) is 19.4 Å². The van der Waals surface area contributed by atoms with Crippen molar-refractivity contribution in [1.29, 1.82) is 0 Å². The van der Waals surface area contributed by atoms with Gasteiger partial charge in [0.2, 0.25) is 0 Å². The minimum Gasteiger partial charge on any atom is -0.496 e. The lowest BCUT2D eigenvalue weighted by molar-refractivity contribution is 0.199. The molecule has 1 atom stereocenters. The molecule has 0 bridgehead atoms. The molecule has 0 saturated carbocycles. The molecule has 1 N–H and O–H groups in total. The van der Waals surface area contributed by atoms with Gasteiger partial charge in [-0.2, -0.15) is 11.8 Å². The first-order chi connectivity index (χ1) is 7.67. The number of halogens is 1. The molecule has 0 aliphatic carbocycles. The molecule has 0 amide bonds. The summed E-state index contributed by atoms with van der Waals surface area (Å²) in [5.41, 5.74) is 1.04. The Bertz CT molecular complexity index is 331. The van der Waals surface area contributed by atoms with Crippen LogP contribution in [0.4, 0.5) is 0 Å². The van der Waals surface area contributed by atoms with Crippen molar-refractivity contribution in [3.8, 4) is 5.75 Å². The fourth-order valence-electron chi connectivity index (χ4n) is 1.47. The van der Waals surface area contributed by atoms with E-state index in [4.69, 9.17) is 4.74 Å². The molecule has 1 aromatic rings. The minimum atomic E-state index is -0.312. The van der Waals surface area contributed by atoms with Crippen LogP contribution in [0.25, 0.3) is 0 Å². The van der Waals surface area contributed by atoms with Gasteiger partial charge in [-0.25, -0.2) is 0 Å². The molecular formula is C12H17BrO2S. The smallest absolute Gasteiger partial charge is 0.122 e. The summed E-state index contributed by atoms with van der Waals surface area (Å²) in [6.07, 6.45) is 0.323. The number of aliphatic hydroxyl groups is 1. The summed E-state index contributed by atoms with van der Waals surface area (Å²) in [6, 6.07) is 5.85. The molecule has 0 fully saturated rings. The van der Waals surface area contributed by atoms with Crippen LogP contribution in [0.3, 0.4) is 0 Å². The summed E-state index contributed by atoms with van der Waals surface area (Å²) in [7, 11) is 1.65. The van der Waals surface area contributed by atoms with Crippen molar-refractivity contribution in [2.24, 2.45) is 0 Å². The Balaban J connectivity index is 2.67. The Kier molecular flexibility index (Phi) is 6.24. The molecule has 0 aromatic heterocycles. The molecule has 1 aromatic carbocycles. The van der Waals surface area contributed by atoms with Gasteiger partial charge < -0.3 is 9.84 Å². The molecule has 0 aliphatic rings. The third-order valence-electron chi connectivity index (χ3n) is 2.21. The Morgan fingerprint density at radius 3 is 2.88 bits per heavy atom. The first-order valence-electron chi connectivity index (χ1n) is 5.25. The lowest BCUT2D eigenvalue weighted by Crippen LogP contribution is -2.14. The SMILES string of the molecule is CCSCC(O)Cc1cc(Br)ccc1OC. The molecule has 0 radical (unpaired) electrons. The van der Waals surface area contributed by atoms with E-state index in [9.17, 15) is 5.11 Å².